The van der Waals surface area contributed by atoms with Gasteiger partial charge in [-0.15, -0.1) is 11.3 Å². The van der Waals surface area contributed by atoms with E-state index in [0.29, 0.717) is 53.1 Å². The SMILES string of the molecule is CCC1CC1(NC(=O)C1CC(Oc2cc(-c3nc(C(C)C)cs3)nc3c(C)c(OC)ccc23)CN1C(=O)C(Nc1nc2ccccc2o1)C(C)(C)C)C(=O)NS(=O)(=O)C1CC1. The maximum Gasteiger partial charge on any atom is 0.296 e. The summed E-state index contributed by atoms with van der Waals surface area (Å²) in [7, 11) is -2.27. The second-order valence-electron chi connectivity index (χ2n) is 17.9. The van der Waals surface area contributed by atoms with Crippen LogP contribution >= 0.6 is 11.3 Å². The molecule has 5 unspecified atom stereocenters. The Morgan fingerprint density at radius 3 is 2.46 bits per heavy atom. The smallest absolute Gasteiger partial charge is 0.296 e. The molecule has 2 aromatic carbocycles. The Hall–Kier alpha value is -5.29. The molecule has 3 aliphatic rings. The minimum absolute atomic E-state index is 0.0221. The molecule has 3 N–H and O–H groups in total. The van der Waals surface area contributed by atoms with E-state index in [-0.39, 0.29) is 37.2 Å². The number of benzene rings is 2. The van der Waals surface area contributed by atoms with Gasteiger partial charge in [0.15, 0.2) is 5.58 Å². The molecule has 1 saturated heterocycles. The molecule has 2 saturated carbocycles. The van der Waals surface area contributed by atoms with Crippen molar-refractivity contribution in [3.8, 4) is 22.2 Å². The molecule has 17 heteroatoms. The summed E-state index contributed by atoms with van der Waals surface area (Å²) in [5.41, 5.74) is 2.07. The maximum absolute atomic E-state index is 15.0. The lowest BCUT2D eigenvalue weighted by Gasteiger charge is -2.35. The van der Waals surface area contributed by atoms with E-state index in [9.17, 15) is 18.0 Å². The van der Waals surface area contributed by atoms with E-state index in [4.69, 9.17) is 23.9 Å². The van der Waals surface area contributed by atoms with E-state index in [1.165, 1.54) is 16.2 Å². The molecule has 3 fully saturated rings. The highest BCUT2D eigenvalue weighted by atomic mass is 32.2. The number of carbonyl (C=O) groups excluding carboxylic acids is 3. The number of likely N-dealkylation sites (tertiary alicyclic amines) is 1. The van der Waals surface area contributed by atoms with Crippen LogP contribution in [0.5, 0.6) is 11.5 Å². The molecule has 5 atom stereocenters. The summed E-state index contributed by atoms with van der Waals surface area (Å²) in [6.45, 7) is 13.7. The molecule has 2 aliphatic carbocycles. The molecule has 0 spiro atoms. The van der Waals surface area contributed by atoms with Crippen molar-refractivity contribution < 1.29 is 36.7 Å². The Bertz CT molecular complexity index is 2600. The molecule has 61 heavy (non-hydrogen) atoms. The van der Waals surface area contributed by atoms with E-state index in [1.807, 2.05) is 76.4 Å². The van der Waals surface area contributed by atoms with Crippen molar-refractivity contribution in [1.29, 1.82) is 0 Å². The number of thiazole rings is 1. The number of anilines is 1. The molecule has 3 aromatic heterocycles. The zero-order valence-electron chi connectivity index (χ0n) is 35.7. The number of nitrogens with zero attached hydrogens (tertiary/aromatic N) is 4. The summed E-state index contributed by atoms with van der Waals surface area (Å²) in [5, 5.41) is 9.02. The standard InChI is InChI=1S/C44H53N7O8S2/c1-9-25-20-44(25,41(54)50-61(55,56)27-14-15-27)49-38(52)32-18-26(21-51(32)40(53)37(43(5,6)7)48-42-47-29-12-10-11-13-34(29)59-42)58-35-19-30(39-46-31(22-60-39)23(2)3)45-36-24(4)33(57-8)17-16-28(35)36/h10-13,16-17,19,22-23,25-27,32,37H,9,14-15,18,20-21H2,1-8H3,(H,47,48)(H,49,52)(H,50,54). The van der Waals surface area contributed by atoms with Gasteiger partial charge in [-0.3, -0.25) is 19.1 Å². The summed E-state index contributed by atoms with van der Waals surface area (Å²) < 4.78 is 46.6. The van der Waals surface area contributed by atoms with Crippen LogP contribution in [0.4, 0.5) is 6.01 Å². The third-order valence-corrected chi connectivity index (χ3v) is 14.8. The van der Waals surface area contributed by atoms with E-state index >= 15 is 4.79 Å². The van der Waals surface area contributed by atoms with Crippen LogP contribution in [0.1, 0.15) is 90.8 Å². The second-order valence-corrected chi connectivity index (χ2v) is 20.7. The molecule has 4 heterocycles. The highest BCUT2D eigenvalue weighted by Crippen LogP contribution is 2.47. The molecule has 0 radical (unpaired) electrons. The molecule has 5 aromatic rings. The van der Waals surface area contributed by atoms with Gasteiger partial charge in [0.25, 0.3) is 11.9 Å². The van der Waals surface area contributed by atoms with E-state index < -0.39 is 62.1 Å². The average Bonchev–Trinajstić information content (AvgIpc) is 4.02. The fourth-order valence-corrected chi connectivity index (χ4v) is 10.5. The lowest BCUT2D eigenvalue weighted by Crippen LogP contribution is -2.58. The van der Waals surface area contributed by atoms with Crippen molar-refractivity contribution in [3.63, 3.8) is 0 Å². The monoisotopic (exact) mass is 871 g/mol. The predicted molar refractivity (Wildman–Crippen MR) is 233 cm³/mol. The Labute approximate surface area is 359 Å². The van der Waals surface area contributed by atoms with Crippen LogP contribution in [0.15, 0.2) is 52.3 Å². The van der Waals surface area contributed by atoms with Gasteiger partial charge in [-0.1, -0.05) is 60.1 Å². The van der Waals surface area contributed by atoms with Crippen LogP contribution in [0, 0.1) is 18.3 Å². The van der Waals surface area contributed by atoms with Gasteiger partial charge < -0.3 is 29.4 Å². The zero-order chi connectivity index (χ0) is 43.6. The molecular formula is C44H53N7O8S2. The van der Waals surface area contributed by atoms with Gasteiger partial charge in [0.05, 0.1) is 30.1 Å². The predicted octanol–water partition coefficient (Wildman–Crippen LogP) is 6.71. The number of fused-ring (bicyclic) bond motifs is 2. The largest absolute Gasteiger partial charge is 0.496 e. The summed E-state index contributed by atoms with van der Waals surface area (Å²) >= 11 is 1.49. The summed E-state index contributed by atoms with van der Waals surface area (Å²) in [6, 6.07) is 11.0. The third kappa shape index (κ3) is 8.25. The maximum atomic E-state index is 15.0. The number of amides is 3. The first-order chi connectivity index (χ1) is 28.9. The number of nitrogens with one attached hydrogen (secondary N) is 3. The Morgan fingerprint density at radius 2 is 1.82 bits per heavy atom. The lowest BCUT2D eigenvalue weighted by atomic mass is 9.85. The number of oxazole rings is 1. The topological polar surface area (TPSA) is 195 Å². The quantitative estimate of drug-likeness (QED) is 0.107. The lowest BCUT2D eigenvalue weighted by molar-refractivity contribution is -0.141. The number of para-hydroxylation sites is 2. The molecule has 3 amide bonds. The minimum atomic E-state index is -3.88. The van der Waals surface area contributed by atoms with Gasteiger partial charge in [-0.05, 0) is 67.7 Å². The first-order valence-electron chi connectivity index (χ1n) is 20.8. The molecule has 0 bridgehead atoms. The number of pyridine rings is 1. The summed E-state index contributed by atoms with van der Waals surface area (Å²) in [6.07, 6.45) is 1.17. The number of rotatable bonds is 14. The van der Waals surface area contributed by atoms with Crippen LogP contribution in [0.3, 0.4) is 0 Å². The fourth-order valence-electron chi connectivity index (χ4n) is 8.20. The first kappa shape index (κ1) is 42.4. The number of sulfonamides is 1. The average molecular weight is 872 g/mol. The van der Waals surface area contributed by atoms with Crippen LogP contribution in [-0.2, 0) is 24.4 Å². The van der Waals surface area contributed by atoms with Crippen molar-refractivity contribution in [2.45, 2.75) is 115 Å². The van der Waals surface area contributed by atoms with Gasteiger partial charge in [0.1, 0.15) is 51.4 Å². The van der Waals surface area contributed by atoms with E-state index in [0.717, 1.165) is 21.7 Å². The van der Waals surface area contributed by atoms with Gasteiger partial charge >= 0.3 is 0 Å². The van der Waals surface area contributed by atoms with Crippen molar-refractivity contribution in [1.82, 2.24) is 29.9 Å². The third-order valence-electron chi connectivity index (χ3n) is 12.1. The highest BCUT2D eigenvalue weighted by molar-refractivity contribution is 7.91. The number of aryl methyl sites for hydroxylation is 1. The number of hydrogen-bond acceptors (Lipinski definition) is 13. The fraction of sp³-hybridized carbons (Fsp3) is 0.500. The van der Waals surface area contributed by atoms with Crippen LogP contribution < -0.4 is 24.8 Å². The van der Waals surface area contributed by atoms with E-state index in [2.05, 4.69) is 34.2 Å². The number of hydrogen-bond donors (Lipinski definition) is 3. The molecule has 8 rings (SSSR count). The van der Waals surface area contributed by atoms with Gasteiger partial charge in [-0.25, -0.2) is 18.4 Å². The minimum Gasteiger partial charge on any atom is -0.496 e. The van der Waals surface area contributed by atoms with Gasteiger partial charge in [-0.2, -0.15) is 4.98 Å². The Balaban J connectivity index is 1.15. The van der Waals surface area contributed by atoms with Crippen molar-refractivity contribution >= 4 is 67.1 Å². The van der Waals surface area contributed by atoms with Crippen LogP contribution in [0.2, 0.25) is 0 Å². The number of methoxy groups -OCH3 is 1. The van der Waals surface area contributed by atoms with Crippen molar-refractivity contribution in [2.24, 2.45) is 11.3 Å². The van der Waals surface area contributed by atoms with Crippen molar-refractivity contribution in [3.05, 3.63) is 59.1 Å². The highest BCUT2D eigenvalue weighted by Gasteiger charge is 2.62. The molecule has 324 valence electrons. The number of ether oxygens (including phenoxy) is 2. The first-order valence-corrected chi connectivity index (χ1v) is 23.3. The van der Waals surface area contributed by atoms with Gasteiger partial charge in [0, 0.05) is 28.8 Å². The number of carbonyl (C=O) groups is 3. The second kappa shape index (κ2) is 15.9. The molecular weight excluding hydrogens is 819 g/mol. The molecule has 1 aliphatic heterocycles. The molecule has 15 nitrogen and oxygen atoms in total. The summed E-state index contributed by atoms with van der Waals surface area (Å²) in [4.78, 5) is 59.4. The summed E-state index contributed by atoms with van der Waals surface area (Å²) in [5.74, 6) is -0.631. The number of aromatic nitrogens is 3. The normalized spacial score (nSPS) is 22.0. The van der Waals surface area contributed by atoms with Crippen LogP contribution in [0.25, 0.3) is 32.7 Å². The van der Waals surface area contributed by atoms with Crippen LogP contribution in [-0.4, -0.2) is 88.6 Å². The zero-order valence-corrected chi connectivity index (χ0v) is 37.3. The Kier molecular flexibility index (Phi) is 11.0. The van der Waals surface area contributed by atoms with Gasteiger partial charge in [0.2, 0.25) is 21.8 Å². The Morgan fingerprint density at radius 1 is 1.07 bits per heavy atom. The van der Waals surface area contributed by atoms with Crippen molar-refractivity contribution in [2.75, 3.05) is 19.0 Å². The van der Waals surface area contributed by atoms with E-state index in [1.54, 1.807) is 13.2 Å².